The van der Waals surface area contributed by atoms with Crippen molar-refractivity contribution in [3.63, 3.8) is 0 Å². The van der Waals surface area contributed by atoms with E-state index in [2.05, 4.69) is 5.10 Å². The van der Waals surface area contributed by atoms with Crippen LogP contribution in [0.1, 0.15) is 28.5 Å². The lowest BCUT2D eigenvalue weighted by atomic mass is 10.0. The summed E-state index contributed by atoms with van der Waals surface area (Å²) >= 11 is 0. The van der Waals surface area contributed by atoms with Crippen LogP contribution in [0.15, 0.2) is 36.0 Å². The van der Waals surface area contributed by atoms with Crippen molar-refractivity contribution in [1.82, 2.24) is 9.78 Å². The van der Waals surface area contributed by atoms with Gasteiger partial charge in [-0.1, -0.05) is 6.07 Å². The molecule has 7 heteroatoms. The minimum absolute atomic E-state index is 0.0817. The SMILES string of the molecule is O=Cc1c(O)cccc1OCC1=C(c2ccnn2C2COC2)COCC1. The third-order valence-corrected chi connectivity index (χ3v) is 4.73. The number of carbonyl (C=O) groups excluding carboxylic acids is 1. The van der Waals surface area contributed by atoms with Crippen LogP contribution in [0.2, 0.25) is 0 Å². The summed E-state index contributed by atoms with van der Waals surface area (Å²) < 4.78 is 18.8. The summed E-state index contributed by atoms with van der Waals surface area (Å²) in [7, 11) is 0. The number of carbonyl (C=O) groups is 1. The van der Waals surface area contributed by atoms with Crippen molar-refractivity contribution in [3.8, 4) is 11.5 Å². The van der Waals surface area contributed by atoms with Gasteiger partial charge in [0, 0.05) is 11.8 Å². The fourth-order valence-electron chi connectivity index (χ4n) is 3.19. The molecular weight excluding hydrogens is 336 g/mol. The number of phenols is 1. The van der Waals surface area contributed by atoms with E-state index in [1.54, 1.807) is 18.3 Å². The van der Waals surface area contributed by atoms with Crippen molar-refractivity contribution in [2.24, 2.45) is 0 Å². The Labute approximate surface area is 150 Å². The zero-order valence-electron chi connectivity index (χ0n) is 14.3. The van der Waals surface area contributed by atoms with Crippen molar-refractivity contribution >= 4 is 11.9 Å². The van der Waals surface area contributed by atoms with Gasteiger partial charge in [-0.15, -0.1) is 0 Å². The van der Waals surface area contributed by atoms with Crippen LogP contribution in [0.5, 0.6) is 11.5 Å². The zero-order chi connectivity index (χ0) is 17.9. The van der Waals surface area contributed by atoms with Gasteiger partial charge < -0.3 is 19.3 Å². The minimum atomic E-state index is -0.0817. The van der Waals surface area contributed by atoms with Crippen LogP contribution in [-0.4, -0.2) is 54.2 Å². The smallest absolute Gasteiger partial charge is 0.157 e. The van der Waals surface area contributed by atoms with Crippen molar-refractivity contribution in [2.75, 3.05) is 33.0 Å². The van der Waals surface area contributed by atoms with Crippen LogP contribution in [-0.2, 0) is 9.47 Å². The molecule has 1 aromatic heterocycles. The molecule has 4 rings (SSSR count). The van der Waals surface area contributed by atoms with Crippen LogP contribution in [0.4, 0.5) is 0 Å². The lowest BCUT2D eigenvalue weighted by Gasteiger charge is -2.29. The highest BCUT2D eigenvalue weighted by Gasteiger charge is 2.26. The number of rotatable bonds is 6. The number of aromatic nitrogens is 2. The number of aromatic hydroxyl groups is 1. The van der Waals surface area contributed by atoms with Crippen molar-refractivity contribution in [2.45, 2.75) is 12.5 Å². The van der Waals surface area contributed by atoms with Crippen LogP contribution in [0.3, 0.4) is 0 Å². The van der Waals surface area contributed by atoms with Gasteiger partial charge in [0.1, 0.15) is 18.1 Å². The van der Waals surface area contributed by atoms with Crippen molar-refractivity contribution in [3.05, 3.63) is 47.3 Å². The second-order valence-corrected chi connectivity index (χ2v) is 6.33. The maximum Gasteiger partial charge on any atom is 0.157 e. The predicted molar refractivity (Wildman–Crippen MR) is 93.4 cm³/mol. The highest BCUT2D eigenvalue weighted by atomic mass is 16.5. The highest BCUT2D eigenvalue weighted by Crippen LogP contribution is 2.31. The molecule has 0 atom stereocenters. The quantitative estimate of drug-likeness (QED) is 0.799. The van der Waals surface area contributed by atoms with Crippen LogP contribution in [0, 0.1) is 0 Å². The summed E-state index contributed by atoms with van der Waals surface area (Å²) in [6.45, 7) is 2.79. The van der Waals surface area contributed by atoms with Gasteiger partial charge in [-0.25, -0.2) is 0 Å². The van der Waals surface area contributed by atoms with Crippen LogP contribution < -0.4 is 4.74 Å². The Balaban J connectivity index is 1.60. The molecule has 2 aliphatic rings. The summed E-state index contributed by atoms with van der Waals surface area (Å²) in [5.41, 5.74) is 3.35. The van der Waals surface area contributed by atoms with Gasteiger partial charge in [0.25, 0.3) is 0 Å². The predicted octanol–water partition coefficient (Wildman–Crippen LogP) is 2.23. The molecule has 1 fully saturated rings. The Kier molecular flexibility index (Phi) is 4.73. The number of hydrogen-bond donors (Lipinski definition) is 1. The van der Waals surface area contributed by atoms with Gasteiger partial charge in [0.15, 0.2) is 6.29 Å². The molecule has 1 aromatic carbocycles. The van der Waals surface area contributed by atoms with Crippen LogP contribution in [0.25, 0.3) is 5.57 Å². The van der Waals surface area contributed by atoms with Gasteiger partial charge in [-0.3, -0.25) is 9.48 Å². The first kappa shape index (κ1) is 16.8. The van der Waals surface area contributed by atoms with E-state index in [4.69, 9.17) is 14.2 Å². The average Bonchev–Trinajstić information content (AvgIpc) is 3.07. The standard InChI is InChI=1S/C19H20N2O5/c22-8-15-18(23)2-1-3-19(15)26-9-13-5-7-24-12-16(13)17-4-6-20-21(17)14-10-25-11-14/h1-4,6,8,14,23H,5,7,9-12H2. The third-order valence-electron chi connectivity index (χ3n) is 4.73. The molecule has 0 aliphatic carbocycles. The van der Waals surface area contributed by atoms with Gasteiger partial charge in [0.05, 0.1) is 43.7 Å². The lowest BCUT2D eigenvalue weighted by Crippen LogP contribution is -2.33. The molecule has 0 amide bonds. The first-order chi connectivity index (χ1) is 12.8. The first-order valence-corrected chi connectivity index (χ1v) is 8.58. The van der Waals surface area contributed by atoms with E-state index in [9.17, 15) is 9.90 Å². The first-order valence-electron chi connectivity index (χ1n) is 8.58. The fourth-order valence-corrected chi connectivity index (χ4v) is 3.19. The topological polar surface area (TPSA) is 82.8 Å². The Bertz CT molecular complexity index is 838. The molecule has 0 bridgehead atoms. The number of phenolic OH excluding ortho intramolecular Hbond substituents is 1. The summed E-state index contributed by atoms with van der Waals surface area (Å²) in [6, 6.07) is 7.04. The summed E-state index contributed by atoms with van der Waals surface area (Å²) in [4.78, 5) is 11.2. The van der Waals surface area contributed by atoms with Crippen LogP contribution >= 0.6 is 0 Å². The monoisotopic (exact) mass is 356 g/mol. The molecule has 1 N–H and O–H groups in total. The number of benzene rings is 1. The van der Waals surface area contributed by atoms with E-state index >= 15 is 0 Å². The molecule has 0 saturated carbocycles. The maximum absolute atomic E-state index is 11.2. The number of ether oxygens (including phenoxy) is 3. The van der Waals surface area contributed by atoms with Gasteiger partial charge in [-0.2, -0.15) is 5.10 Å². The maximum atomic E-state index is 11.2. The van der Waals surface area contributed by atoms with E-state index in [0.717, 1.165) is 23.3 Å². The largest absolute Gasteiger partial charge is 0.507 e. The molecule has 0 radical (unpaired) electrons. The Hall–Kier alpha value is -2.64. The van der Waals surface area contributed by atoms with E-state index in [1.165, 1.54) is 6.07 Å². The fraction of sp³-hybridized carbons (Fsp3) is 0.368. The third kappa shape index (κ3) is 3.11. The van der Waals surface area contributed by atoms with E-state index in [1.807, 2.05) is 10.7 Å². The molecule has 0 spiro atoms. The molecule has 2 aromatic rings. The van der Waals surface area contributed by atoms with E-state index in [-0.39, 0.29) is 17.4 Å². The van der Waals surface area contributed by atoms with E-state index < -0.39 is 0 Å². The van der Waals surface area contributed by atoms with Crippen molar-refractivity contribution < 1.29 is 24.1 Å². The Morgan fingerprint density at radius 1 is 1.31 bits per heavy atom. The number of aldehydes is 1. The Morgan fingerprint density at radius 3 is 2.96 bits per heavy atom. The second-order valence-electron chi connectivity index (χ2n) is 6.33. The lowest BCUT2D eigenvalue weighted by molar-refractivity contribution is -0.0291. The number of hydrogen-bond acceptors (Lipinski definition) is 6. The highest BCUT2D eigenvalue weighted by molar-refractivity contribution is 5.83. The second kappa shape index (κ2) is 7.31. The molecule has 3 heterocycles. The molecule has 136 valence electrons. The summed E-state index contributed by atoms with van der Waals surface area (Å²) in [6.07, 6.45) is 3.14. The molecule has 2 aliphatic heterocycles. The van der Waals surface area contributed by atoms with E-state index in [0.29, 0.717) is 45.1 Å². The molecular formula is C19H20N2O5. The minimum Gasteiger partial charge on any atom is -0.507 e. The summed E-state index contributed by atoms with van der Waals surface area (Å²) in [5, 5.41) is 14.2. The molecule has 7 nitrogen and oxygen atoms in total. The molecule has 0 unspecified atom stereocenters. The summed E-state index contributed by atoms with van der Waals surface area (Å²) in [5.74, 6) is 0.293. The van der Waals surface area contributed by atoms with Gasteiger partial charge >= 0.3 is 0 Å². The molecule has 26 heavy (non-hydrogen) atoms. The Morgan fingerprint density at radius 2 is 2.19 bits per heavy atom. The molecule has 1 saturated heterocycles. The zero-order valence-corrected chi connectivity index (χ0v) is 14.3. The number of nitrogens with zero attached hydrogens (tertiary/aromatic N) is 2. The normalized spacial score (nSPS) is 17.8. The average molecular weight is 356 g/mol. The van der Waals surface area contributed by atoms with Crippen molar-refractivity contribution in [1.29, 1.82) is 0 Å². The van der Waals surface area contributed by atoms with Gasteiger partial charge in [0.2, 0.25) is 0 Å². The van der Waals surface area contributed by atoms with Gasteiger partial charge in [-0.05, 0) is 30.2 Å².